The molecule has 0 aliphatic heterocycles. The zero-order valence-electron chi connectivity index (χ0n) is 8.37. The molecule has 0 spiro atoms. The zero-order valence-corrected chi connectivity index (χ0v) is 8.37. The Morgan fingerprint density at radius 3 is 2.00 bits per heavy atom. The largest absolute Gasteiger partial charge is 0.298 e. The van der Waals surface area contributed by atoms with E-state index in [0.29, 0.717) is 5.57 Å². The standard InChI is InChI=1S/C9H12O.C2H6/c1-3-5-7-9(8-10)6-4-2;1-2/h3-8H,1-2H3;1-2H3/b5-3-,6-4-,9-7+;. The van der Waals surface area contributed by atoms with Crippen molar-refractivity contribution in [2.24, 2.45) is 0 Å². The third kappa shape index (κ3) is 8.89. The fourth-order valence-electron chi connectivity index (χ4n) is 0.534. The van der Waals surface area contributed by atoms with Crippen molar-refractivity contribution >= 4 is 6.29 Å². The first kappa shape index (κ1) is 13.5. The maximum absolute atomic E-state index is 10.2. The molecule has 0 heterocycles. The first-order chi connectivity index (χ1) is 5.85. The van der Waals surface area contributed by atoms with Crippen LogP contribution in [0.25, 0.3) is 0 Å². The summed E-state index contributed by atoms with van der Waals surface area (Å²) >= 11 is 0. The molecule has 68 valence electrons. The van der Waals surface area contributed by atoms with Crippen molar-refractivity contribution in [3.8, 4) is 0 Å². The second-order valence-electron chi connectivity index (χ2n) is 1.81. The van der Waals surface area contributed by atoms with Crippen LogP contribution >= 0.6 is 0 Å². The lowest BCUT2D eigenvalue weighted by Gasteiger charge is -1.82. The molecule has 0 amide bonds. The average molecular weight is 166 g/mol. The third-order valence-electron chi connectivity index (χ3n) is 0.976. The predicted octanol–water partition coefficient (Wildman–Crippen LogP) is 3.29. The maximum Gasteiger partial charge on any atom is 0.150 e. The first-order valence-corrected chi connectivity index (χ1v) is 4.26. The third-order valence-corrected chi connectivity index (χ3v) is 0.976. The molecule has 0 saturated heterocycles. The predicted molar refractivity (Wildman–Crippen MR) is 55.1 cm³/mol. The van der Waals surface area contributed by atoms with Gasteiger partial charge >= 0.3 is 0 Å². The molecule has 0 aliphatic carbocycles. The van der Waals surface area contributed by atoms with Gasteiger partial charge in [-0.25, -0.2) is 0 Å². The van der Waals surface area contributed by atoms with Crippen molar-refractivity contribution in [1.82, 2.24) is 0 Å². The van der Waals surface area contributed by atoms with Gasteiger partial charge in [-0.2, -0.15) is 0 Å². The van der Waals surface area contributed by atoms with E-state index in [1.54, 1.807) is 12.2 Å². The summed E-state index contributed by atoms with van der Waals surface area (Å²) in [5.74, 6) is 0. The van der Waals surface area contributed by atoms with E-state index >= 15 is 0 Å². The van der Waals surface area contributed by atoms with E-state index in [9.17, 15) is 4.79 Å². The molecule has 0 aromatic heterocycles. The topological polar surface area (TPSA) is 17.1 Å². The summed E-state index contributed by atoms with van der Waals surface area (Å²) in [7, 11) is 0. The van der Waals surface area contributed by atoms with Crippen molar-refractivity contribution < 1.29 is 4.79 Å². The van der Waals surface area contributed by atoms with Gasteiger partial charge in [0, 0.05) is 5.57 Å². The molecule has 0 aromatic rings. The summed E-state index contributed by atoms with van der Waals surface area (Å²) < 4.78 is 0. The highest BCUT2D eigenvalue weighted by molar-refractivity contribution is 5.77. The summed E-state index contributed by atoms with van der Waals surface area (Å²) in [4.78, 5) is 10.2. The van der Waals surface area contributed by atoms with E-state index in [0.717, 1.165) is 6.29 Å². The second kappa shape index (κ2) is 12.6. The van der Waals surface area contributed by atoms with Crippen LogP contribution in [0.3, 0.4) is 0 Å². The van der Waals surface area contributed by atoms with Gasteiger partial charge in [0.1, 0.15) is 6.29 Å². The van der Waals surface area contributed by atoms with Gasteiger partial charge in [0.05, 0.1) is 0 Å². The van der Waals surface area contributed by atoms with Gasteiger partial charge in [0.25, 0.3) is 0 Å². The number of aldehydes is 1. The van der Waals surface area contributed by atoms with E-state index in [2.05, 4.69) is 0 Å². The SMILES string of the molecule is CC.C\C=C/C=C(C=O)\C=C/C. The van der Waals surface area contributed by atoms with Crippen LogP contribution in [0.2, 0.25) is 0 Å². The van der Waals surface area contributed by atoms with E-state index in [1.807, 2.05) is 45.9 Å². The molecule has 0 radical (unpaired) electrons. The van der Waals surface area contributed by atoms with E-state index in [1.165, 1.54) is 0 Å². The van der Waals surface area contributed by atoms with Gasteiger partial charge in [0.2, 0.25) is 0 Å². The van der Waals surface area contributed by atoms with E-state index in [4.69, 9.17) is 0 Å². The fraction of sp³-hybridized carbons (Fsp3) is 0.364. The summed E-state index contributed by atoms with van der Waals surface area (Å²) in [5, 5.41) is 0. The van der Waals surface area contributed by atoms with Crippen LogP contribution in [0.15, 0.2) is 36.0 Å². The smallest absolute Gasteiger partial charge is 0.150 e. The zero-order chi connectivity index (χ0) is 9.82. The number of hydrogen-bond acceptors (Lipinski definition) is 1. The van der Waals surface area contributed by atoms with Crippen molar-refractivity contribution in [3.05, 3.63) is 36.0 Å². The number of carbonyl (C=O) groups excluding carboxylic acids is 1. The molecule has 0 fully saturated rings. The molecule has 0 aliphatic rings. The van der Waals surface area contributed by atoms with Crippen molar-refractivity contribution in [2.75, 3.05) is 0 Å². The Morgan fingerprint density at radius 2 is 1.67 bits per heavy atom. The summed E-state index contributed by atoms with van der Waals surface area (Å²) in [6.45, 7) is 7.79. The lowest BCUT2D eigenvalue weighted by molar-refractivity contribution is -0.104. The van der Waals surface area contributed by atoms with E-state index in [-0.39, 0.29) is 0 Å². The molecule has 1 nitrogen and oxygen atoms in total. The molecular formula is C11H18O. The molecule has 0 N–H and O–H groups in total. The quantitative estimate of drug-likeness (QED) is 0.357. The van der Waals surface area contributed by atoms with Gasteiger partial charge in [-0.15, -0.1) is 0 Å². The molecule has 1 heteroatoms. The normalized spacial score (nSPS) is 11.5. The number of allylic oxidation sites excluding steroid dienone is 6. The minimum atomic E-state index is 0.695. The van der Waals surface area contributed by atoms with Crippen LogP contribution in [0.1, 0.15) is 27.7 Å². The molecule has 0 rings (SSSR count). The fourth-order valence-corrected chi connectivity index (χ4v) is 0.534. The van der Waals surface area contributed by atoms with Crippen LogP contribution in [0.5, 0.6) is 0 Å². The van der Waals surface area contributed by atoms with Gasteiger partial charge in [-0.3, -0.25) is 4.79 Å². The number of carbonyl (C=O) groups is 1. The molecule has 0 unspecified atom stereocenters. The summed E-state index contributed by atoms with van der Waals surface area (Å²) in [6.07, 6.45) is 9.93. The van der Waals surface area contributed by atoms with Crippen LogP contribution in [-0.2, 0) is 4.79 Å². The van der Waals surface area contributed by atoms with E-state index < -0.39 is 0 Å². The Balaban J connectivity index is 0. The minimum absolute atomic E-state index is 0.695. The molecule has 0 aromatic carbocycles. The molecular weight excluding hydrogens is 148 g/mol. The Hall–Kier alpha value is -1.11. The Bertz CT molecular complexity index is 173. The van der Waals surface area contributed by atoms with Crippen molar-refractivity contribution in [3.63, 3.8) is 0 Å². The average Bonchev–Trinajstić information content (AvgIpc) is 2.15. The van der Waals surface area contributed by atoms with Crippen LogP contribution in [0, 0.1) is 0 Å². The lowest BCUT2D eigenvalue weighted by Crippen LogP contribution is -1.75. The van der Waals surface area contributed by atoms with Crippen LogP contribution in [-0.4, -0.2) is 6.29 Å². The highest BCUT2D eigenvalue weighted by atomic mass is 16.1. The molecule has 0 saturated carbocycles. The van der Waals surface area contributed by atoms with Gasteiger partial charge < -0.3 is 0 Å². The summed E-state index contributed by atoms with van der Waals surface area (Å²) in [5.41, 5.74) is 0.695. The lowest BCUT2D eigenvalue weighted by atomic mass is 10.2. The van der Waals surface area contributed by atoms with Crippen molar-refractivity contribution in [2.45, 2.75) is 27.7 Å². The van der Waals surface area contributed by atoms with Crippen LogP contribution in [0.4, 0.5) is 0 Å². The monoisotopic (exact) mass is 166 g/mol. The second-order valence-corrected chi connectivity index (χ2v) is 1.81. The van der Waals surface area contributed by atoms with Gasteiger partial charge in [-0.1, -0.05) is 44.2 Å². The first-order valence-electron chi connectivity index (χ1n) is 4.26. The highest BCUT2D eigenvalue weighted by Gasteiger charge is 1.81. The highest BCUT2D eigenvalue weighted by Crippen LogP contribution is 1.92. The molecule has 12 heavy (non-hydrogen) atoms. The Kier molecular flexibility index (Phi) is 14.1. The van der Waals surface area contributed by atoms with Crippen molar-refractivity contribution in [1.29, 1.82) is 0 Å². The number of rotatable bonds is 3. The molecule has 0 atom stereocenters. The Morgan fingerprint density at radius 1 is 1.08 bits per heavy atom. The van der Waals surface area contributed by atoms with Gasteiger partial charge in [-0.05, 0) is 13.8 Å². The maximum atomic E-state index is 10.2. The molecule has 0 bridgehead atoms. The van der Waals surface area contributed by atoms with Gasteiger partial charge in [0.15, 0.2) is 0 Å². The summed E-state index contributed by atoms with van der Waals surface area (Å²) in [6, 6.07) is 0. The van der Waals surface area contributed by atoms with Crippen LogP contribution < -0.4 is 0 Å². The Labute approximate surface area is 75.5 Å². The minimum Gasteiger partial charge on any atom is -0.298 e. The number of hydrogen-bond donors (Lipinski definition) is 0.